The van der Waals surface area contributed by atoms with Gasteiger partial charge in [-0.05, 0) is 18.6 Å². The molecule has 74 valence electrons. The van der Waals surface area contributed by atoms with Gasteiger partial charge in [0.2, 0.25) is 5.91 Å². The second-order valence-electron chi connectivity index (χ2n) is 3.26. The van der Waals surface area contributed by atoms with Gasteiger partial charge in [0.15, 0.2) is 0 Å². The van der Waals surface area contributed by atoms with Crippen molar-refractivity contribution in [2.75, 3.05) is 23.0 Å². The van der Waals surface area contributed by atoms with Crippen LogP contribution >= 0.6 is 11.8 Å². The number of thioether (sulfide) groups is 1. The second-order valence-corrected chi connectivity index (χ2v) is 4.37. The number of hydrogen-bond acceptors (Lipinski definition) is 3. The van der Waals surface area contributed by atoms with Crippen molar-refractivity contribution >= 4 is 23.4 Å². The first-order chi connectivity index (χ1) is 6.79. The molecule has 0 N–H and O–H groups in total. The van der Waals surface area contributed by atoms with Crippen LogP contribution in [0.1, 0.15) is 5.56 Å². The molecule has 0 saturated carbocycles. The zero-order valence-corrected chi connectivity index (χ0v) is 8.88. The molecule has 2 rings (SSSR count). The molecule has 1 aliphatic rings. The van der Waals surface area contributed by atoms with E-state index in [1.54, 1.807) is 24.2 Å². The Morgan fingerprint density at radius 1 is 1.57 bits per heavy atom. The van der Waals surface area contributed by atoms with Crippen molar-refractivity contribution in [2.24, 2.45) is 0 Å². The van der Waals surface area contributed by atoms with Gasteiger partial charge in [-0.2, -0.15) is 11.8 Å². The number of aryl methyl sites for hydroxylation is 1. The number of aromatic nitrogens is 1. The summed E-state index contributed by atoms with van der Waals surface area (Å²) in [5.41, 5.74) is 2.07. The van der Waals surface area contributed by atoms with Gasteiger partial charge in [-0.15, -0.1) is 0 Å². The van der Waals surface area contributed by atoms with E-state index < -0.39 is 0 Å². The molecule has 4 heteroatoms. The number of nitrogens with zero attached hydrogens (tertiary/aromatic N) is 2. The van der Waals surface area contributed by atoms with Gasteiger partial charge in [0.05, 0.1) is 17.6 Å². The minimum absolute atomic E-state index is 0.192. The lowest BCUT2D eigenvalue weighted by molar-refractivity contribution is -0.116. The molecule has 0 unspecified atom stereocenters. The van der Waals surface area contributed by atoms with Gasteiger partial charge in [-0.3, -0.25) is 9.78 Å². The first-order valence-corrected chi connectivity index (χ1v) is 5.73. The lowest BCUT2D eigenvalue weighted by Gasteiger charge is -2.27. The maximum atomic E-state index is 11.6. The SMILES string of the molecule is Cc1ccncc1N1CCSCC1=O. The number of carbonyl (C=O) groups excluding carboxylic acids is 1. The summed E-state index contributed by atoms with van der Waals surface area (Å²) in [5, 5.41) is 0. The van der Waals surface area contributed by atoms with Crippen LogP contribution < -0.4 is 4.90 Å². The van der Waals surface area contributed by atoms with Gasteiger partial charge in [-0.25, -0.2) is 0 Å². The largest absolute Gasteiger partial charge is 0.309 e. The molecule has 1 saturated heterocycles. The van der Waals surface area contributed by atoms with Crippen LogP contribution in [0.4, 0.5) is 5.69 Å². The predicted octanol–water partition coefficient (Wildman–Crippen LogP) is 1.47. The second kappa shape index (κ2) is 4.00. The maximum absolute atomic E-state index is 11.6. The van der Waals surface area contributed by atoms with Crippen LogP contribution in [0.25, 0.3) is 0 Å². The fraction of sp³-hybridized carbons (Fsp3) is 0.400. The van der Waals surface area contributed by atoms with Crippen LogP contribution in [0.15, 0.2) is 18.5 Å². The van der Waals surface area contributed by atoms with Crippen LogP contribution in [0.5, 0.6) is 0 Å². The Morgan fingerprint density at radius 2 is 2.43 bits per heavy atom. The van der Waals surface area contributed by atoms with Crippen molar-refractivity contribution < 1.29 is 4.79 Å². The Morgan fingerprint density at radius 3 is 3.14 bits per heavy atom. The monoisotopic (exact) mass is 208 g/mol. The van der Waals surface area contributed by atoms with Gasteiger partial charge >= 0.3 is 0 Å². The highest BCUT2D eigenvalue weighted by Gasteiger charge is 2.20. The highest BCUT2D eigenvalue weighted by molar-refractivity contribution is 8.00. The molecule has 2 heterocycles. The molecule has 14 heavy (non-hydrogen) atoms. The Balaban J connectivity index is 2.29. The third-order valence-electron chi connectivity index (χ3n) is 2.29. The molecule has 3 nitrogen and oxygen atoms in total. The lowest BCUT2D eigenvalue weighted by atomic mass is 10.2. The third kappa shape index (κ3) is 1.75. The fourth-order valence-electron chi connectivity index (χ4n) is 1.51. The van der Waals surface area contributed by atoms with Crippen LogP contribution in [0.3, 0.4) is 0 Å². The van der Waals surface area contributed by atoms with Crippen molar-refractivity contribution in [3.8, 4) is 0 Å². The number of pyridine rings is 1. The molecule has 0 atom stereocenters. The molecule has 1 aliphatic heterocycles. The highest BCUT2D eigenvalue weighted by atomic mass is 32.2. The summed E-state index contributed by atoms with van der Waals surface area (Å²) in [4.78, 5) is 17.5. The molecule has 0 radical (unpaired) electrons. The van der Waals surface area contributed by atoms with E-state index in [4.69, 9.17) is 0 Å². The van der Waals surface area contributed by atoms with Crippen molar-refractivity contribution in [1.29, 1.82) is 0 Å². The third-order valence-corrected chi connectivity index (χ3v) is 3.21. The van der Waals surface area contributed by atoms with Crippen LogP contribution in [-0.4, -0.2) is 28.9 Å². The lowest BCUT2D eigenvalue weighted by Crippen LogP contribution is -2.38. The smallest absolute Gasteiger partial charge is 0.237 e. The summed E-state index contributed by atoms with van der Waals surface area (Å²) in [6.45, 7) is 2.81. The molecule has 1 aromatic heterocycles. The molecule has 0 aromatic carbocycles. The quantitative estimate of drug-likeness (QED) is 0.700. The van der Waals surface area contributed by atoms with Crippen LogP contribution in [0, 0.1) is 6.92 Å². The summed E-state index contributed by atoms with van der Waals surface area (Å²) in [6.07, 6.45) is 3.52. The van der Waals surface area contributed by atoms with Crippen molar-refractivity contribution in [2.45, 2.75) is 6.92 Å². The van der Waals surface area contributed by atoms with E-state index in [9.17, 15) is 4.79 Å². The average molecular weight is 208 g/mol. The van der Waals surface area contributed by atoms with E-state index in [1.165, 1.54) is 0 Å². The van der Waals surface area contributed by atoms with Crippen LogP contribution in [0.2, 0.25) is 0 Å². The topological polar surface area (TPSA) is 33.2 Å². The average Bonchev–Trinajstić information content (AvgIpc) is 2.20. The normalized spacial score (nSPS) is 17.2. The number of hydrogen-bond donors (Lipinski definition) is 0. The summed E-state index contributed by atoms with van der Waals surface area (Å²) < 4.78 is 0. The maximum Gasteiger partial charge on any atom is 0.237 e. The molecular weight excluding hydrogens is 196 g/mol. The Labute approximate surface area is 87.5 Å². The van der Waals surface area contributed by atoms with E-state index >= 15 is 0 Å². The Bertz CT molecular complexity index is 354. The van der Waals surface area contributed by atoms with Gasteiger partial charge < -0.3 is 4.90 Å². The molecule has 0 bridgehead atoms. The first-order valence-electron chi connectivity index (χ1n) is 4.58. The number of anilines is 1. The van der Waals surface area contributed by atoms with Crippen molar-refractivity contribution in [3.05, 3.63) is 24.0 Å². The molecule has 1 aromatic rings. The van der Waals surface area contributed by atoms with E-state index in [2.05, 4.69) is 4.98 Å². The van der Waals surface area contributed by atoms with Gasteiger partial charge in [0, 0.05) is 18.5 Å². The van der Waals surface area contributed by atoms with Gasteiger partial charge in [0.1, 0.15) is 0 Å². The highest BCUT2D eigenvalue weighted by Crippen LogP contribution is 2.22. The van der Waals surface area contributed by atoms with E-state index in [1.807, 2.05) is 17.9 Å². The Hall–Kier alpha value is -1.03. The minimum atomic E-state index is 0.192. The predicted molar refractivity (Wildman–Crippen MR) is 58.7 cm³/mol. The van der Waals surface area contributed by atoms with Gasteiger partial charge in [0.25, 0.3) is 0 Å². The molecular formula is C10H12N2OS. The zero-order valence-electron chi connectivity index (χ0n) is 8.06. The Kier molecular flexibility index (Phi) is 2.72. The minimum Gasteiger partial charge on any atom is -0.309 e. The number of amides is 1. The van der Waals surface area contributed by atoms with Crippen molar-refractivity contribution in [1.82, 2.24) is 4.98 Å². The zero-order chi connectivity index (χ0) is 9.97. The number of rotatable bonds is 1. The summed E-state index contributed by atoms with van der Waals surface area (Å²) in [6, 6.07) is 1.93. The molecule has 1 fully saturated rings. The summed E-state index contributed by atoms with van der Waals surface area (Å²) in [7, 11) is 0. The van der Waals surface area contributed by atoms with E-state index in [-0.39, 0.29) is 5.91 Å². The molecule has 0 aliphatic carbocycles. The standard InChI is InChI=1S/C10H12N2OS/c1-8-2-3-11-6-9(8)12-4-5-14-7-10(12)13/h2-3,6H,4-5,7H2,1H3. The van der Waals surface area contributed by atoms with Crippen molar-refractivity contribution in [3.63, 3.8) is 0 Å². The summed E-state index contributed by atoms with van der Waals surface area (Å²) in [5.74, 6) is 1.80. The van der Waals surface area contributed by atoms with Gasteiger partial charge in [-0.1, -0.05) is 0 Å². The summed E-state index contributed by atoms with van der Waals surface area (Å²) >= 11 is 1.70. The van der Waals surface area contributed by atoms with Crippen LogP contribution in [-0.2, 0) is 4.79 Å². The first kappa shape index (κ1) is 9.52. The molecule has 0 spiro atoms. The molecule has 1 amide bonds. The van der Waals surface area contributed by atoms with E-state index in [0.717, 1.165) is 23.5 Å². The fourth-order valence-corrected chi connectivity index (χ4v) is 2.30. The van der Waals surface area contributed by atoms with E-state index in [0.29, 0.717) is 5.75 Å². The number of carbonyl (C=O) groups is 1.